The molecular formula is C14H30N2O9. The second-order valence-corrected chi connectivity index (χ2v) is 3.80. The Bertz CT molecular complexity index is 296. The lowest BCUT2D eigenvalue weighted by atomic mass is 10.5. The van der Waals surface area contributed by atoms with Crippen LogP contribution in [0.25, 0.3) is 0 Å². The molecule has 0 bridgehead atoms. The summed E-state index contributed by atoms with van der Waals surface area (Å²) in [6, 6.07) is 0. The minimum absolute atomic E-state index is 0.583. The molecule has 0 aromatic rings. The monoisotopic (exact) mass is 370 g/mol. The zero-order valence-electron chi connectivity index (χ0n) is 15.2. The summed E-state index contributed by atoms with van der Waals surface area (Å²) in [4.78, 5) is 38.0. The van der Waals surface area contributed by atoms with Gasteiger partial charge in [-0.25, -0.2) is 5.48 Å². The van der Waals surface area contributed by atoms with Crippen molar-refractivity contribution in [3.05, 3.63) is 12.8 Å². The Labute approximate surface area is 147 Å². The van der Waals surface area contributed by atoms with E-state index in [2.05, 4.69) is 12.1 Å². The zero-order chi connectivity index (χ0) is 21.4. The Morgan fingerprint density at radius 1 is 0.880 bits per heavy atom. The third-order valence-electron chi connectivity index (χ3n) is 1.18. The molecule has 0 fully saturated rings. The molecule has 0 aromatic carbocycles. The average Bonchev–Trinajstić information content (AvgIpc) is 2.37. The third-order valence-corrected chi connectivity index (χ3v) is 1.18. The van der Waals surface area contributed by atoms with Crippen LogP contribution in [0.5, 0.6) is 0 Å². The average molecular weight is 370 g/mol. The second kappa shape index (κ2) is 29.4. The van der Waals surface area contributed by atoms with Gasteiger partial charge in [-0.1, -0.05) is 6.58 Å². The lowest BCUT2D eigenvalue weighted by molar-refractivity contribution is -0.135. The lowest BCUT2D eigenvalue weighted by Crippen LogP contribution is -2.26. The Balaban J connectivity index is -0.0000000714. The number of aliphatic carboxylic acids is 4. The molecule has 0 spiro atoms. The highest BCUT2D eigenvalue weighted by atomic mass is 16.5. The summed E-state index contributed by atoms with van der Waals surface area (Å²) in [5, 5.41) is 37.9. The van der Waals surface area contributed by atoms with Crippen LogP contribution >= 0.6 is 0 Å². The molecular weight excluding hydrogens is 340 g/mol. The van der Waals surface area contributed by atoms with Gasteiger partial charge in [0, 0.05) is 47.3 Å². The van der Waals surface area contributed by atoms with E-state index < -0.39 is 23.9 Å². The highest BCUT2D eigenvalue weighted by molar-refractivity contribution is 5.63. The largest absolute Gasteiger partial charge is 0.481 e. The van der Waals surface area contributed by atoms with Crippen molar-refractivity contribution in [2.24, 2.45) is 0 Å². The topological polar surface area (TPSA) is 185 Å². The molecule has 25 heavy (non-hydrogen) atoms. The fourth-order valence-corrected chi connectivity index (χ4v) is 0.572. The molecule has 0 aliphatic rings. The zero-order valence-corrected chi connectivity index (χ0v) is 15.2. The molecule has 0 unspecified atom stereocenters. The van der Waals surface area contributed by atoms with Crippen LogP contribution in [-0.2, 0) is 19.2 Å². The molecule has 0 saturated carbocycles. The van der Waals surface area contributed by atoms with Gasteiger partial charge in [0.25, 0.3) is 23.9 Å². The minimum Gasteiger partial charge on any atom is -0.481 e. The smallest absolute Gasteiger partial charge is 0.300 e. The first kappa shape index (κ1) is 33.8. The predicted molar refractivity (Wildman–Crippen MR) is 90.5 cm³/mol. The van der Waals surface area contributed by atoms with Crippen LogP contribution in [0.2, 0.25) is 0 Å². The molecule has 0 radical (unpaired) electrons. The number of hydrogen-bond acceptors (Lipinski definition) is 7. The summed E-state index contributed by atoms with van der Waals surface area (Å²) >= 11 is 0. The summed E-state index contributed by atoms with van der Waals surface area (Å²) in [6.07, 6.45) is 1.76. The minimum atomic E-state index is -0.833. The van der Waals surface area contributed by atoms with Gasteiger partial charge in [0.05, 0.1) is 0 Å². The maximum atomic E-state index is 9.00. The van der Waals surface area contributed by atoms with Gasteiger partial charge in [0.2, 0.25) is 0 Å². The molecule has 0 heterocycles. The van der Waals surface area contributed by atoms with E-state index in [-0.39, 0.29) is 0 Å². The number of likely N-dealkylation sites (N-methyl/N-ethyl adjacent to an activating group) is 1. The van der Waals surface area contributed by atoms with Crippen molar-refractivity contribution >= 4 is 23.9 Å². The van der Waals surface area contributed by atoms with Crippen molar-refractivity contribution in [1.82, 2.24) is 10.4 Å². The summed E-state index contributed by atoms with van der Waals surface area (Å²) in [5.41, 5.74) is 2.08. The van der Waals surface area contributed by atoms with Crippen LogP contribution in [0.4, 0.5) is 0 Å². The van der Waals surface area contributed by atoms with Crippen LogP contribution in [0.1, 0.15) is 34.6 Å². The van der Waals surface area contributed by atoms with Crippen LogP contribution in [-0.4, -0.2) is 74.0 Å². The van der Waals surface area contributed by atoms with E-state index in [1.807, 2.05) is 11.8 Å². The van der Waals surface area contributed by atoms with Crippen molar-refractivity contribution in [3.8, 4) is 0 Å². The molecule has 6 N–H and O–H groups in total. The van der Waals surface area contributed by atoms with E-state index >= 15 is 0 Å². The number of hydroxylamine groups is 1. The van der Waals surface area contributed by atoms with Crippen LogP contribution < -0.4 is 5.48 Å². The van der Waals surface area contributed by atoms with E-state index in [4.69, 9.17) is 44.8 Å². The third kappa shape index (κ3) is 280. The Kier molecular flexibility index (Phi) is 39.7. The first-order valence-corrected chi connectivity index (χ1v) is 6.79. The Morgan fingerprint density at radius 2 is 1.12 bits per heavy atom. The van der Waals surface area contributed by atoms with Gasteiger partial charge in [-0.15, -0.1) is 0 Å². The maximum absolute atomic E-state index is 9.00. The first-order valence-electron chi connectivity index (χ1n) is 6.79. The van der Waals surface area contributed by atoms with Crippen LogP contribution in [0, 0.1) is 0 Å². The molecule has 0 aliphatic heterocycles. The quantitative estimate of drug-likeness (QED) is 0.376. The van der Waals surface area contributed by atoms with Gasteiger partial charge in [-0.05, 0) is 13.1 Å². The van der Waals surface area contributed by atoms with E-state index in [1.165, 1.54) is 0 Å². The molecule has 0 amide bonds. The highest BCUT2D eigenvalue weighted by Gasteiger charge is 1.90. The van der Waals surface area contributed by atoms with Crippen LogP contribution in [0.15, 0.2) is 12.8 Å². The normalized spacial score (nSPS) is 7.28. The van der Waals surface area contributed by atoms with E-state index in [0.717, 1.165) is 40.8 Å². The second-order valence-electron chi connectivity index (χ2n) is 3.80. The molecule has 0 rings (SSSR count). The van der Waals surface area contributed by atoms with Gasteiger partial charge in [0.1, 0.15) is 0 Å². The summed E-state index contributed by atoms with van der Waals surface area (Å²) < 4.78 is 0. The number of carboxylic acids is 4. The molecule has 150 valence electrons. The fraction of sp³-hybridized carbons (Fsp3) is 0.571. The maximum Gasteiger partial charge on any atom is 0.300 e. The molecule has 11 nitrogen and oxygen atoms in total. The molecule has 11 heteroatoms. The van der Waals surface area contributed by atoms with E-state index in [0.29, 0.717) is 6.54 Å². The SMILES string of the molecule is C=CN(CC)CCNO.CC(=O)O.CC(=O)O.CC(=O)O.CC(=O)O. The van der Waals surface area contributed by atoms with Crippen molar-refractivity contribution in [3.63, 3.8) is 0 Å². The summed E-state index contributed by atoms with van der Waals surface area (Å²) in [7, 11) is 0. The first-order chi connectivity index (χ1) is 11.3. The predicted octanol–water partition coefficient (Wildman–Crippen LogP) is 0.794. The summed E-state index contributed by atoms with van der Waals surface area (Å²) in [6.45, 7) is 12.3. The number of rotatable bonds is 5. The molecule has 0 atom stereocenters. The number of carbonyl (C=O) groups is 4. The van der Waals surface area contributed by atoms with E-state index in [1.54, 1.807) is 6.20 Å². The van der Waals surface area contributed by atoms with Gasteiger partial charge in [0.15, 0.2) is 0 Å². The highest BCUT2D eigenvalue weighted by Crippen LogP contribution is 1.83. The Hall–Kier alpha value is -2.66. The Morgan fingerprint density at radius 3 is 1.24 bits per heavy atom. The number of nitrogens with one attached hydrogen (secondary N) is 1. The standard InChI is InChI=1S/C6H14N2O.4C2H4O2/c1-3-8(4-2)6-5-7-9;4*1-2(3)4/h3,7,9H,1,4-6H2,2H3;4*1H3,(H,3,4). The molecule has 0 aromatic heterocycles. The number of hydrogen-bond donors (Lipinski definition) is 6. The van der Waals surface area contributed by atoms with Crippen LogP contribution in [0.3, 0.4) is 0 Å². The van der Waals surface area contributed by atoms with Gasteiger partial charge >= 0.3 is 0 Å². The fourth-order valence-electron chi connectivity index (χ4n) is 0.572. The summed E-state index contributed by atoms with van der Waals surface area (Å²) in [5.74, 6) is -3.33. The van der Waals surface area contributed by atoms with Crippen molar-refractivity contribution in [2.75, 3.05) is 19.6 Å². The van der Waals surface area contributed by atoms with Crippen molar-refractivity contribution in [1.29, 1.82) is 0 Å². The van der Waals surface area contributed by atoms with Gasteiger partial charge < -0.3 is 30.5 Å². The number of carboxylic acid groups (broad SMARTS) is 4. The molecule has 0 aliphatic carbocycles. The number of nitrogens with zero attached hydrogens (tertiary/aromatic N) is 1. The van der Waals surface area contributed by atoms with Crippen molar-refractivity contribution < 1.29 is 44.8 Å². The van der Waals surface area contributed by atoms with Gasteiger partial charge in [-0.3, -0.25) is 19.2 Å². The van der Waals surface area contributed by atoms with Crippen molar-refractivity contribution in [2.45, 2.75) is 34.6 Å². The molecule has 0 saturated heterocycles. The van der Waals surface area contributed by atoms with Gasteiger partial charge in [-0.2, -0.15) is 0 Å². The lowest BCUT2D eigenvalue weighted by Gasteiger charge is -2.15. The van der Waals surface area contributed by atoms with E-state index in [9.17, 15) is 0 Å².